The summed E-state index contributed by atoms with van der Waals surface area (Å²) < 4.78 is 0. The second kappa shape index (κ2) is 7.68. The molecule has 0 heterocycles. The smallest absolute Gasteiger partial charge is 0.0643 e. The van der Waals surface area contributed by atoms with Crippen LogP contribution in [0.3, 0.4) is 0 Å². The summed E-state index contributed by atoms with van der Waals surface area (Å²) in [6, 6.07) is 9.42. The highest BCUT2D eigenvalue weighted by molar-refractivity contribution is 6.33. The predicted octanol–water partition coefficient (Wildman–Crippen LogP) is 4.28. The molecule has 1 N–H and O–H groups in total. The van der Waals surface area contributed by atoms with Crippen LogP contribution in [-0.4, -0.2) is 19.1 Å². The van der Waals surface area contributed by atoms with Gasteiger partial charge in [-0.15, -0.1) is 0 Å². The van der Waals surface area contributed by atoms with E-state index in [1.165, 1.54) is 18.4 Å². The second-order valence-electron chi connectivity index (χ2n) is 5.72. The zero-order valence-electron chi connectivity index (χ0n) is 12.9. The monoisotopic (exact) mass is 305 g/mol. The Bertz CT molecular complexity index is 505. The van der Waals surface area contributed by atoms with E-state index in [1.54, 1.807) is 0 Å². The highest BCUT2D eigenvalue weighted by atomic mass is 35.5. The zero-order chi connectivity index (χ0) is 15.2. The number of rotatable bonds is 8. The molecule has 0 amide bonds. The van der Waals surface area contributed by atoms with Crippen molar-refractivity contribution < 1.29 is 0 Å². The first-order valence-corrected chi connectivity index (χ1v) is 8.21. The third kappa shape index (κ3) is 4.36. The molecule has 1 aromatic carbocycles. The van der Waals surface area contributed by atoms with Crippen molar-refractivity contribution in [3.8, 4) is 6.07 Å². The molecule has 1 aromatic rings. The van der Waals surface area contributed by atoms with Crippen LogP contribution in [0.1, 0.15) is 51.1 Å². The molecule has 21 heavy (non-hydrogen) atoms. The molecule has 4 heteroatoms. The molecule has 0 bridgehead atoms. The molecule has 1 aliphatic carbocycles. The minimum absolute atomic E-state index is 0.310. The quantitative estimate of drug-likeness (QED) is 0.779. The number of halogens is 1. The maximum Gasteiger partial charge on any atom is 0.0643 e. The van der Waals surface area contributed by atoms with E-state index in [4.69, 9.17) is 16.9 Å². The Labute approximate surface area is 132 Å². The van der Waals surface area contributed by atoms with Crippen LogP contribution in [0.5, 0.6) is 0 Å². The molecule has 0 spiro atoms. The van der Waals surface area contributed by atoms with Crippen molar-refractivity contribution in [3.63, 3.8) is 0 Å². The van der Waals surface area contributed by atoms with Crippen LogP contribution in [-0.2, 0) is 0 Å². The number of anilines is 1. The van der Waals surface area contributed by atoms with Crippen LogP contribution in [0.15, 0.2) is 18.2 Å². The van der Waals surface area contributed by atoms with Crippen molar-refractivity contribution in [2.24, 2.45) is 0 Å². The standard InChI is InChI=1S/C17H24ClN3/c1-3-10-20-13(2)14-5-8-17(16(18)12-14)21(11-4-9-19)15-6-7-15/h5,8,12-13,15,20H,3-4,6-7,10-11H2,1-2H3. The van der Waals surface area contributed by atoms with E-state index in [-0.39, 0.29) is 0 Å². The summed E-state index contributed by atoms with van der Waals surface area (Å²) in [5.41, 5.74) is 2.29. The Hall–Kier alpha value is -1.24. The number of nitrogens with one attached hydrogen (secondary N) is 1. The lowest BCUT2D eigenvalue weighted by Gasteiger charge is -2.25. The van der Waals surface area contributed by atoms with Gasteiger partial charge in [-0.25, -0.2) is 0 Å². The van der Waals surface area contributed by atoms with Gasteiger partial charge in [0, 0.05) is 18.6 Å². The number of hydrogen-bond acceptors (Lipinski definition) is 3. The van der Waals surface area contributed by atoms with E-state index in [2.05, 4.69) is 48.3 Å². The van der Waals surface area contributed by atoms with Gasteiger partial charge in [0.15, 0.2) is 0 Å². The molecule has 1 saturated carbocycles. The van der Waals surface area contributed by atoms with Crippen LogP contribution < -0.4 is 10.2 Å². The van der Waals surface area contributed by atoms with E-state index in [0.717, 1.165) is 30.2 Å². The van der Waals surface area contributed by atoms with Crippen molar-refractivity contribution in [1.82, 2.24) is 5.32 Å². The predicted molar refractivity (Wildman–Crippen MR) is 88.8 cm³/mol. The Balaban J connectivity index is 2.12. The fourth-order valence-corrected chi connectivity index (χ4v) is 2.86. The fourth-order valence-electron chi connectivity index (χ4n) is 2.56. The van der Waals surface area contributed by atoms with E-state index in [1.807, 2.05) is 0 Å². The van der Waals surface area contributed by atoms with Crippen molar-refractivity contribution in [3.05, 3.63) is 28.8 Å². The molecule has 2 rings (SSSR count). The minimum atomic E-state index is 0.310. The third-order valence-corrected chi connectivity index (χ3v) is 4.24. The maximum absolute atomic E-state index is 8.81. The van der Waals surface area contributed by atoms with Crippen molar-refractivity contribution in [2.75, 3.05) is 18.0 Å². The molecular formula is C17H24ClN3. The lowest BCUT2D eigenvalue weighted by molar-refractivity contribution is 0.570. The van der Waals surface area contributed by atoms with Crippen molar-refractivity contribution in [2.45, 2.75) is 51.6 Å². The fraction of sp³-hybridized carbons (Fsp3) is 0.588. The van der Waals surface area contributed by atoms with Gasteiger partial charge in [0.1, 0.15) is 0 Å². The summed E-state index contributed by atoms with van der Waals surface area (Å²) in [5.74, 6) is 0. The number of benzene rings is 1. The molecule has 3 nitrogen and oxygen atoms in total. The van der Waals surface area contributed by atoms with E-state index < -0.39 is 0 Å². The molecule has 114 valence electrons. The highest BCUT2D eigenvalue weighted by Crippen LogP contribution is 2.36. The average Bonchev–Trinajstić information content (AvgIpc) is 3.31. The highest BCUT2D eigenvalue weighted by Gasteiger charge is 2.30. The van der Waals surface area contributed by atoms with Gasteiger partial charge in [0.05, 0.1) is 23.2 Å². The molecule has 1 fully saturated rings. The molecule has 1 aliphatic rings. The number of hydrogen-bond donors (Lipinski definition) is 1. The largest absolute Gasteiger partial charge is 0.366 e. The van der Waals surface area contributed by atoms with Crippen LogP contribution >= 0.6 is 11.6 Å². The summed E-state index contributed by atoms with van der Waals surface area (Å²) >= 11 is 6.50. The van der Waals surface area contributed by atoms with E-state index >= 15 is 0 Å². The lowest BCUT2D eigenvalue weighted by atomic mass is 10.1. The van der Waals surface area contributed by atoms with Gasteiger partial charge in [-0.3, -0.25) is 0 Å². The summed E-state index contributed by atoms with van der Waals surface area (Å²) in [5, 5.41) is 13.1. The van der Waals surface area contributed by atoms with Gasteiger partial charge >= 0.3 is 0 Å². The first-order chi connectivity index (χ1) is 10.2. The van der Waals surface area contributed by atoms with Crippen LogP contribution in [0.25, 0.3) is 0 Å². The summed E-state index contributed by atoms with van der Waals surface area (Å²) in [7, 11) is 0. The van der Waals surface area contributed by atoms with Crippen molar-refractivity contribution in [1.29, 1.82) is 5.26 Å². The molecule has 0 aliphatic heterocycles. The molecule has 0 radical (unpaired) electrons. The van der Waals surface area contributed by atoms with Gasteiger partial charge < -0.3 is 10.2 Å². The normalized spacial score (nSPS) is 15.5. The lowest BCUT2D eigenvalue weighted by Crippen LogP contribution is -2.27. The van der Waals surface area contributed by atoms with Crippen LogP contribution in [0.2, 0.25) is 5.02 Å². The SMILES string of the molecule is CCCNC(C)c1ccc(N(CCC#N)C2CC2)c(Cl)c1. The average molecular weight is 306 g/mol. The molecule has 1 unspecified atom stereocenters. The summed E-state index contributed by atoms with van der Waals surface area (Å²) in [6.07, 6.45) is 4.08. The first kappa shape index (κ1) is 16.1. The van der Waals surface area contributed by atoms with Gasteiger partial charge in [-0.1, -0.05) is 24.6 Å². The van der Waals surface area contributed by atoms with Crippen LogP contribution in [0.4, 0.5) is 5.69 Å². The van der Waals surface area contributed by atoms with Crippen molar-refractivity contribution >= 4 is 17.3 Å². The summed E-state index contributed by atoms with van der Waals surface area (Å²) in [6.45, 7) is 6.11. The van der Waals surface area contributed by atoms with Gasteiger partial charge in [0.25, 0.3) is 0 Å². The Morgan fingerprint density at radius 1 is 1.48 bits per heavy atom. The molecule has 0 aromatic heterocycles. The van der Waals surface area contributed by atoms with Crippen LogP contribution in [0, 0.1) is 11.3 Å². The Kier molecular flexibility index (Phi) is 5.90. The third-order valence-electron chi connectivity index (χ3n) is 3.93. The Morgan fingerprint density at radius 2 is 2.24 bits per heavy atom. The second-order valence-corrected chi connectivity index (χ2v) is 6.13. The minimum Gasteiger partial charge on any atom is -0.366 e. The van der Waals surface area contributed by atoms with Gasteiger partial charge in [0.2, 0.25) is 0 Å². The molecular weight excluding hydrogens is 282 g/mol. The topological polar surface area (TPSA) is 39.1 Å². The number of nitrogens with zero attached hydrogens (tertiary/aromatic N) is 2. The van der Waals surface area contributed by atoms with Gasteiger partial charge in [-0.05, 0) is 50.4 Å². The first-order valence-electron chi connectivity index (χ1n) is 7.83. The Morgan fingerprint density at radius 3 is 2.81 bits per heavy atom. The maximum atomic E-state index is 8.81. The van der Waals surface area contributed by atoms with E-state index in [9.17, 15) is 0 Å². The zero-order valence-corrected chi connectivity index (χ0v) is 13.7. The number of nitriles is 1. The molecule has 1 atom stereocenters. The van der Waals surface area contributed by atoms with E-state index in [0.29, 0.717) is 18.5 Å². The van der Waals surface area contributed by atoms with Gasteiger partial charge in [-0.2, -0.15) is 5.26 Å². The summed E-state index contributed by atoms with van der Waals surface area (Å²) in [4.78, 5) is 2.29. The molecule has 0 saturated heterocycles.